The molecule has 0 aliphatic rings. The minimum Gasteiger partial charge on any atom is -0.399 e. The lowest BCUT2D eigenvalue weighted by Crippen LogP contribution is -2.38. The zero-order valence-corrected chi connectivity index (χ0v) is 11.5. The Balaban J connectivity index is 2.28. The van der Waals surface area contributed by atoms with E-state index < -0.39 is 0 Å². The van der Waals surface area contributed by atoms with E-state index >= 15 is 0 Å². The van der Waals surface area contributed by atoms with Gasteiger partial charge in [-0.1, -0.05) is 12.1 Å². The van der Waals surface area contributed by atoms with E-state index in [1.165, 1.54) is 0 Å². The van der Waals surface area contributed by atoms with Crippen LogP contribution in [0.5, 0.6) is 0 Å². The first kappa shape index (κ1) is 15.0. The van der Waals surface area contributed by atoms with E-state index in [4.69, 9.17) is 5.73 Å². The molecule has 0 spiro atoms. The molecule has 0 bridgehead atoms. The molecular formula is C14H21N3O2. The molecule has 0 aliphatic heterocycles. The quantitative estimate of drug-likeness (QED) is 0.745. The molecule has 0 heterocycles. The van der Waals surface area contributed by atoms with Crippen molar-refractivity contribution in [2.45, 2.75) is 19.8 Å². The summed E-state index contributed by atoms with van der Waals surface area (Å²) in [6.07, 6.45) is 1.01. The normalized spacial score (nSPS) is 10.0. The molecule has 3 N–H and O–H groups in total. The third kappa shape index (κ3) is 5.42. The zero-order valence-electron chi connectivity index (χ0n) is 11.5. The van der Waals surface area contributed by atoms with Crippen LogP contribution in [0.15, 0.2) is 24.3 Å². The van der Waals surface area contributed by atoms with E-state index in [1.54, 1.807) is 11.9 Å². The van der Waals surface area contributed by atoms with Crippen LogP contribution in [0.4, 0.5) is 5.69 Å². The first-order chi connectivity index (χ1) is 9.02. The van der Waals surface area contributed by atoms with Gasteiger partial charge in [0.25, 0.3) is 0 Å². The van der Waals surface area contributed by atoms with E-state index in [9.17, 15) is 9.59 Å². The number of nitrogens with zero attached hydrogens (tertiary/aromatic N) is 1. The number of rotatable bonds is 6. The number of anilines is 1. The van der Waals surface area contributed by atoms with Crippen molar-refractivity contribution in [1.29, 1.82) is 0 Å². The molecule has 0 atom stereocenters. The van der Waals surface area contributed by atoms with Crippen molar-refractivity contribution in [3.63, 3.8) is 0 Å². The lowest BCUT2D eigenvalue weighted by molar-refractivity contribution is -0.131. The van der Waals surface area contributed by atoms with Crippen LogP contribution in [-0.2, 0) is 16.0 Å². The highest BCUT2D eigenvalue weighted by Gasteiger charge is 2.08. The van der Waals surface area contributed by atoms with Gasteiger partial charge in [0, 0.05) is 25.7 Å². The molecule has 0 radical (unpaired) electrons. The van der Waals surface area contributed by atoms with Gasteiger partial charge in [0.15, 0.2) is 0 Å². The molecule has 0 aromatic heterocycles. The number of likely N-dealkylation sites (N-methyl/N-ethyl adjacent to an activating group) is 1. The number of hydrogen-bond acceptors (Lipinski definition) is 3. The van der Waals surface area contributed by atoms with Crippen LogP contribution < -0.4 is 11.1 Å². The Morgan fingerprint density at radius 1 is 1.26 bits per heavy atom. The number of carbonyl (C=O) groups excluding carboxylic acids is 2. The van der Waals surface area contributed by atoms with Gasteiger partial charge in [-0.3, -0.25) is 9.59 Å². The number of benzene rings is 1. The molecule has 19 heavy (non-hydrogen) atoms. The lowest BCUT2D eigenvalue weighted by Gasteiger charge is -2.14. The summed E-state index contributed by atoms with van der Waals surface area (Å²) in [5.74, 6) is -0.196. The van der Waals surface area contributed by atoms with E-state index in [0.29, 0.717) is 25.1 Å². The number of aryl methyl sites for hydroxylation is 1. The van der Waals surface area contributed by atoms with Gasteiger partial charge >= 0.3 is 0 Å². The topological polar surface area (TPSA) is 75.4 Å². The Morgan fingerprint density at radius 3 is 2.47 bits per heavy atom. The Bertz CT molecular complexity index is 429. The minimum atomic E-state index is -0.116. The number of amides is 2. The average Bonchev–Trinajstić information content (AvgIpc) is 2.43. The van der Waals surface area contributed by atoms with Gasteiger partial charge in [-0.25, -0.2) is 0 Å². The molecule has 5 nitrogen and oxygen atoms in total. The molecular weight excluding hydrogens is 242 g/mol. The Morgan fingerprint density at radius 2 is 1.89 bits per heavy atom. The number of nitrogens with one attached hydrogen (secondary N) is 1. The first-order valence-corrected chi connectivity index (χ1v) is 6.38. The molecule has 2 amide bonds. The SMILES string of the molecule is CCN(C)C(=O)CNC(=O)CCc1ccc(N)cc1. The van der Waals surface area contributed by atoms with Crippen LogP contribution in [0, 0.1) is 0 Å². The summed E-state index contributed by atoms with van der Waals surface area (Å²) >= 11 is 0. The predicted molar refractivity (Wildman–Crippen MR) is 75.5 cm³/mol. The van der Waals surface area contributed by atoms with E-state index in [-0.39, 0.29) is 18.4 Å². The lowest BCUT2D eigenvalue weighted by atomic mass is 10.1. The maximum Gasteiger partial charge on any atom is 0.241 e. The van der Waals surface area contributed by atoms with Gasteiger partial charge in [0.2, 0.25) is 11.8 Å². The van der Waals surface area contributed by atoms with Gasteiger partial charge in [-0.15, -0.1) is 0 Å². The number of carbonyl (C=O) groups is 2. The Hall–Kier alpha value is -2.04. The van der Waals surface area contributed by atoms with Crippen molar-refractivity contribution >= 4 is 17.5 Å². The molecule has 0 unspecified atom stereocenters. The molecule has 1 rings (SSSR count). The standard InChI is InChI=1S/C14H21N3O2/c1-3-17(2)14(19)10-16-13(18)9-6-11-4-7-12(15)8-5-11/h4-5,7-8H,3,6,9-10,15H2,1-2H3,(H,16,18). The highest BCUT2D eigenvalue weighted by molar-refractivity contribution is 5.84. The summed E-state index contributed by atoms with van der Waals surface area (Å²) in [5, 5.41) is 2.62. The highest BCUT2D eigenvalue weighted by atomic mass is 16.2. The number of nitrogens with two attached hydrogens (primary N) is 1. The summed E-state index contributed by atoms with van der Waals surface area (Å²) < 4.78 is 0. The van der Waals surface area contributed by atoms with Gasteiger partial charge in [-0.05, 0) is 31.0 Å². The maximum atomic E-state index is 11.6. The predicted octanol–water partition coefficient (Wildman–Crippen LogP) is 0.796. The third-order valence-corrected chi connectivity index (χ3v) is 2.96. The van der Waals surface area contributed by atoms with Crippen molar-refractivity contribution in [3.05, 3.63) is 29.8 Å². The maximum absolute atomic E-state index is 11.6. The van der Waals surface area contributed by atoms with Gasteiger partial charge in [-0.2, -0.15) is 0 Å². The monoisotopic (exact) mass is 263 g/mol. The number of hydrogen-bond donors (Lipinski definition) is 2. The summed E-state index contributed by atoms with van der Waals surface area (Å²) in [6.45, 7) is 2.59. The minimum absolute atomic E-state index is 0.0604. The fraction of sp³-hybridized carbons (Fsp3) is 0.429. The van der Waals surface area contributed by atoms with Crippen LogP contribution >= 0.6 is 0 Å². The van der Waals surface area contributed by atoms with E-state index in [1.807, 2.05) is 31.2 Å². The summed E-state index contributed by atoms with van der Waals surface area (Å²) in [4.78, 5) is 24.6. The van der Waals surface area contributed by atoms with Crippen molar-refractivity contribution < 1.29 is 9.59 Å². The highest BCUT2D eigenvalue weighted by Crippen LogP contribution is 2.07. The fourth-order valence-electron chi connectivity index (χ4n) is 1.52. The third-order valence-electron chi connectivity index (χ3n) is 2.96. The smallest absolute Gasteiger partial charge is 0.241 e. The summed E-state index contributed by atoms with van der Waals surface area (Å²) in [6, 6.07) is 7.43. The second-order valence-corrected chi connectivity index (χ2v) is 4.43. The van der Waals surface area contributed by atoms with Crippen LogP contribution in [0.3, 0.4) is 0 Å². The molecule has 0 fully saturated rings. The second kappa shape index (κ2) is 7.41. The summed E-state index contributed by atoms with van der Waals surface area (Å²) in [7, 11) is 1.71. The Kier molecular flexibility index (Phi) is 5.85. The van der Waals surface area contributed by atoms with Gasteiger partial charge in [0.1, 0.15) is 0 Å². The van der Waals surface area contributed by atoms with Crippen molar-refractivity contribution in [2.75, 3.05) is 25.9 Å². The molecule has 0 aliphatic carbocycles. The van der Waals surface area contributed by atoms with E-state index in [0.717, 1.165) is 5.56 Å². The van der Waals surface area contributed by atoms with Crippen molar-refractivity contribution in [1.82, 2.24) is 10.2 Å². The molecule has 1 aromatic carbocycles. The summed E-state index contributed by atoms with van der Waals surface area (Å²) in [5.41, 5.74) is 7.35. The zero-order chi connectivity index (χ0) is 14.3. The average molecular weight is 263 g/mol. The Labute approximate surface area is 113 Å². The van der Waals surface area contributed by atoms with Crippen LogP contribution in [0.1, 0.15) is 18.9 Å². The van der Waals surface area contributed by atoms with Crippen LogP contribution in [-0.4, -0.2) is 36.9 Å². The largest absolute Gasteiger partial charge is 0.399 e. The fourth-order valence-corrected chi connectivity index (χ4v) is 1.52. The van der Waals surface area contributed by atoms with Crippen LogP contribution in [0.2, 0.25) is 0 Å². The molecule has 1 aromatic rings. The van der Waals surface area contributed by atoms with Gasteiger partial charge < -0.3 is 16.0 Å². The number of nitrogen functional groups attached to an aromatic ring is 1. The van der Waals surface area contributed by atoms with Crippen molar-refractivity contribution in [2.24, 2.45) is 0 Å². The van der Waals surface area contributed by atoms with Crippen LogP contribution in [0.25, 0.3) is 0 Å². The van der Waals surface area contributed by atoms with E-state index in [2.05, 4.69) is 5.32 Å². The molecule has 0 saturated carbocycles. The molecule has 104 valence electrons. The van der Waals surface area contributed by atoms with Crippen molar-refractivity contribution in [3.8, 4) is 0 Å². The van der Waals surface area contributed by atoms with Gasteiger partial charge in [0.05, 0.1) is 6.54 Å². The first-order valence-electron chi connectivity index (χ1n) is 6.38. The second-order valence-electron chi connectivity index (χ2n) is 4.43. The molecule has 5 heteroatoms. The molecule has 0 saturated heterocycles.